The molecule has 31 heavy (non-hydrogen) atoms. The van der Waals surface area contributed by atoms with E-state index in [2.05, 4.69) is 20.0 Å². The van der Waals surface area contributed by atoms with Crippen molar-refractivity contribution in [1.82, 2.24) is 19.6 Å². The maximum absolute atomic E-state index is 12.8. The molecule has 3 aromatic rings. The molecule has 11 heteroatoms. The largest absolute Gasteiger partial charge is 0.494 e. The van der Waals surface area contributed by atoms with Crippen molar-refractivity contribution >= 4 is 11.9 Å². The lowest BCUT2D eigenvalue weighted by molar-refractivity contribution is -0.142. The molecule has 0 atom stereocenters. The van der Waals surface area contributed by atoms with Crippen LogP contribution in [0.2, 0.25) is 0 Å². The van der Waals surface area contributed by atoms with Gasteiger partial charge in [-0.05, 0) is 19.4 Å². The second kappa shape index (κ2) is 10.0. The number of rotatable bonds is 9. The molecule has 0 bridgehead atoms. The number of aryl methyl sites for hydroxylation is 1. The van der Waals surface area contributed by atoms with Crippen molar-refractivity contribution < 1.29 is 27.2 Å². The third kappa shape index (κ3) is 6.24. The van der Waals surface area contributed by atoms with Gasteiger partial charge in [0.05, 0.1) is 19.5 Å². The highest BCUT2D eigenvalue weighted by Gasteiger charge is 2.35. The van der Waals surface area contributed by atoms with Crippen LogP contribution in [0.1, 0.15) is 24.6 Å². The number of hydrogen-bond donors (Lipinski definition) is 1. The van der Waals surface area contributed by atoms with Gasteiger partial charge in [-0.15, -0.1) is 0 Å². The van der Waals surface area contributed by atoms with E-state index < -0.39 is 17.9 Å². The second-order valence-corrected chi connectivity index (χ2v) is 6.62. The Labute approximate surface area is 176 Å². The minimum absolute atomic E-state index is 0.201. The number of ether oxygens (including phenoxy) is 1. The van der Waals surface area contributed by atoms with E-state index in [0.29, 0.717) is 37.9 Å². The SMILES string of the molecule is CCOc1ccccc1CN(CCCn1ccnc1)C(=O)Nc1cc(C(F)(F)F)no1. The van der Waals surface area contributed by atoms with Crippen molar-refractivity contribution in [3.63, 3.8) is 0 Å². The summed E-state index contributed by atoms with van der Waals surface area (Å²) in [5, 5.41) is 5.30. The van der Waals surface area contributed by atoms with Crippen LogP contribution in [-0.2, 0) is 19.3 Å². The number of nitrogens with zero attached hydrogens (tertiary/aromatic N) is 4. The molecular formula is C20H22F3N5O3. The topological polar surface area (TPSA) is 85.4 Å². The van der Waals surface area contributed by atoms with E-state index in [1.165, 1.54) is 4.90 Å². The molecule has 0 aliphatic heterocycles. The molecule has 0 saturated carbocycles. The molecule has 166 valence electrons. The molecule has 0 spiro atoms. The lowest BCUT2D eigenvalue weighted by atomic mass is 10.2. The average molecular weight is 437 g/mol. The van der Waals surface area contributed by atoms with Crippen LogP contribution in [0.15, 0.2) is 53.6 Å². The van der Waals surface area contributed by atoms with Gasteiger partial charge in [-0.1, -0.05) is 23.4 Å². The molecule has 0 fully saturated rings. The number of carbonyl (C=O) groups excluding carboxylic acids is 1. The second-order valence-electron chi connectivity index (χ2n) is 6.62. The Morgan fingerprint density at radius 1 is 1.32 bits per heavy atom. The number of amides is 2. The summed E-state index contributed by atoms with van der Waals surface area (Å²) in [7, 11) is 0. The van der Waals surface area contributed by atoms with E-state index in [-0.39, 0.29) is 12.4 Å². The molecule has 3 rings (SSSR count). The van der Waals surface area contributed by atoms with Gasteiger partial charge in [0.1, 0.15) is 5.75 Å². The van der Waals surface area contributed by atoms with Gasteiger partial charge in [0.15, 0.2) is 5.69 Å². The van der Waals surface area contributed by atoms with Crippen LogP contribution in [0.4, 0.5) is 23.8 Å². The number of alkyl halides is 3. The van der Waals surface area contributed by atoms with E-state index in [4.69, 9.17) is 4.74 Å². The number of urea groups is 1. The van der Waals surface area contributed by atoms with E-state index in [9.17, 15) is 18.0 Å². The zero-order valence-electron chi connectivity index (χ0n) is 16.8. The van der Waals surface area contributed by atoms with Crippen LogP contribution in [0.25, 0.3) is 0 Å². The summed E-state index contributed by atoms with van der Waals surface area (Å²) in [6, 6.07) is 7.32. The third-order valence-corrected chi connectivity index (χ3v) is 4.36. The lowest BCUT2D eigenvalue weighted by Crippen LogP contribution is -2.35. The number of nitrogens with one attached hydrogen (secondary N) is 1. The zero-order chi connectivity index (χ0) is 22.3. The van der Waals surface area contributed by atoms with Gasteiger partial charge in [-0.3, -0.25) is 5.32 Å². The maximum atomic E-state index is 12.8. The summed E-state index contributed by atoms with van der Waals surface area (Å²) in [6.07, 6.45) is 1.08. The van der Waals surface area contributed by atoms with Crippen molar-refractivity contribution in [2.24, 2.45) is 0 Å². The minimum Gasteiger partial charge on any atom is -0.494 e. The predicted octanol–water partition coefficient (Wildman–Crippen LogP) is 4.41. The Morgan fingerprint density at radius 3 is 2.81 bits per heavy atom. The molecule has 0 aliphatic rings. The summed E-state index contributed by atoms with van der Waals surface area (Å²) in [4.78, 5) is 18.3. The number of hydrogen-bond acceptors (Lipinski definition) is 5. The maximum Gasteiger partial charge on any atom is 0.436 e. The molecule has 1 aromatic carbocycles. The summed E-state index contributed by atoms with van der Waals surface area (Å²) in [5.41, 5.74) is -0.438. The van der Waals surface area contributed by atoms with Crippen molar-refractivity contribution in [3.05, 3.63) is 60.3 Å². The molecule has 2 aromatic heterocycles. The van der Waals surface area contributed by atoms with Crippen molar-refractivity contribution in [2.45, 2.75) is 32.6 Å². The minimum atomic E-state index is -4.66. The van der Waals surface area contributed by atoms with Gasteiger partial charge < -0.3 is 18.7 Å². The van der Waals surface area contributed by atoms with Crippen LogP contribution >= 0.6 is 0 Å². The molecular weight excluding hydrogens is 415 g/mol. The lowest BCUT2D eigenvalue weighted by Gasteiger charge is -2.24. The number of para-hydroxylation sites is 1. The zero-order valence-corrected chi connectivity index (χ0v) is 16.8. The highest BCUT2D eigenvalue weighted by atomic mass is 19.4. The molecule has 0 aliphatic carbocycles. The normalized spacial score (nSPS) is 11.4. The fourth-order valence-electron chi connectivity index (χ4n) is 2.90. The van der Waals surface area contributed by atoms with Crippen LogP contribution in [0.3, 0.4) is 0 Å². The summed E-state index contributed by atoms with van der Waals surface area (Å²) in [5.74, 6) is 0.256. The monoisotopic (exact) mass is 437 g/mol. The fraction of sp³-hybridized carbons (Fsp3) is 0.350. The van der Waals surface area contributed by atoms with Gasteiger partial charge in [-0.2, -0.15) is 13.2 Å². The van der Waals surface area contributed by atoms with E-state index >= 15 is 0 Å². The average Bonchev–Trinajstić information content (AvgIpc) is 3.40. The van der Waals surface area contributed by atoms with Crippen LogP contribution < -0.4 is 10.1 Å². The predicted molar refractivity (Wildman–Crippen MR) is 105 cm³/mol. The molecule has 8 nitrogen and oxygen atoms in total. The van der Waals surface area contributed by atoms with Crippen molar-refractivity contribution in [3.8, 4) is 5.75 Å². The fourth-order valence-corrected chi connectivity index (χ4v) is 2.90. The van der Waals surface area contributed by atoms with Gasteiger partial charge in [-0.25, -0.2) is 9.78 Å². The molecule has 0 radical (unpaired) electrons. The van der Waals surface area contributed by atoms with Gasteiger partial charge in [0.25, 0.3) is 0 Å². The molecule has 1 N–H and O–H groups in total. The molecule has 0 unspecified atom stereocenters. The highest BCUT2D eigenvalue weighted by molar-refractivity contribution is 5.87. The Balaban J connectivity index is 1.72. The quantitative estimate of drug-likeness (QED) is 0.536. The van der Waals surface area contributed by atoms with Crippen LogP contribution in [-0.4, -0.2) is 38.8 Å². The first-order valence-electron chi connectivity index (χ1n) is 9.63. The van der Waals surface area contributed by atoms with Gasteiger partial charge in [0, 0.05) is 37.1 Å². The van der Waals surface area contributed by atoms with Gasteiger partial charge >= 0.3 is 12.2 Å². The van der Waals surface area contributed by atoms with Crippen molar-refractivity contribution in [1.29, 1.82) is 0 Å². The number of imidazole rings is 1. The van der Waals surface area contributed by atoms with E-state index in [1.54, 1.807) is 18.6 Å². The summed E-state index contributed by atoms with van der Waals surface area (Å²) < 4.78 is 50.3. The number of carbonyl (C=O) groups is 1. The molecule has 2 amide bonds. The third-order valence-electron chi connectivity index (χ3n) is 4.36. The number of halogens is 3. The Bertz CT molecular complexity index is 973. The van der Waals surface area contributed by atoms with Crippen LogP contribution in [0, 0.1) is 0 Å². The van der Waals surface area contributed by atoms with Crippen molar-refractivity contribution in [2.75, 3.05) is 18.5 Å². The first kappa shape index (κ1) is 22.2. The first-order valence-corrected chi connectivity index (χ1v) is 9.63. The van der Waals surface area contributed by atoms with Crippen LogP contribution in [0.5, 0.6) is 5.75 Å². The number of anilines is 1. The van der Waals surface area contributed by atoms with Gasteiger partial charge in [0.2, 0.25) is 5.88 Å². The standard InChI is InChI=1S/C20H22F3N5O3/c1-2-30-16-7-4-3-6-15(16)13-28(10-5-9-27-11-8-24-14-27)19(29)25-18-12-17(26-31-18)20(21,22)23/h3-4,6-8,11-12,14H,2,5,9-10,13H2,1H3,(H,25,29). The van der Waals surface area contributed by atoms with E-state index in [1.807, 2.05) is 35.9 Å². The highest BCUT2D eigenvalue weighted by Crippen LogP contribution is 2.30. The smallest absolute Gasteiger partial charge is 0.436 e. The van der Waals surface area contributed by atoms with E-state index in [0.717, 1.165) is 5.56 Å². The summed E-state index contributed by atoms with van der Waals surface area (Å²) >= 11 is 0. The Kier molecular flexibility index (Phi) is 7.16. The number of benzene rings is 1. The molecule has 2 heterocycles. The Morgan fingerprint density at radius 2 is 2.13 bits per heavy atom. The molecule has 0 saturated heterocycles. The Hall–Kier alpha value is -3.50. The number of aromatic nitrogens is 3. The summed E-state index contributed by atoms with van der Waals surface area (Å²) in [6.45, 7) is 3.48. The first-order chi connectivity index (χ1) is 14.9.